The summed E-state index contributed by atoms with van der Waals surface area (Å²) in [7, 11) is 0. The predicted octanol–water partition coefficient (Wildman–Crippen LogP) is 6.50. The van der Waals surface area contributed by atoms with E-state index in [-0.39, 0.29) is 18.2 Å². The van der Waals surface area contributed by atoms with Gasteiger partial charge in [0.2, 0.25) is 0 Å². The van der Waals surface area contributed by atoms with Gasteiger partial charge < -0.3 is 10.1 Å². The number of ether oxygens (including phenoxy) is 1. The van der Waals surface area contributed by atoms with Crippen LogP contribution in [0.4, 0.5) is 10.5 Å². The van der Waals surface area contributed by atoms with Crippen molar-refractivity contribution >= 4 is 11.7 Å². The molecular weight excluding hydrogens is 372 g/mol. The number of nitrogens with zero attached hydrogens (tertiary/aromatic N) is 1. The van der Waals surface area contributed by atoms with Crippen LogP contribution in [0.25, 0.3) is 11.1 Å². The molecule has 0 spiro atoms. The molecule has 1 fully saturated rings. The third-order valence-electron chi connectivity index (χ3n) is 6.57. The summed E-state index contributed by atoms with van der Waals surface area (Å²) in [5.41, 5.74) is 4.63. The summed E-state index contributed by atoms with van der Waals surface area (Å²) < 4.78 is 6.10. The normalized spacial score (nSPS) is 20.2. The van der Waals surface area contributed by atoms with Gasteiger partial charge in [-0.15, -0.1) is 0 Å². The fraction of sp³-hybridized carbons (Fsp3) is 0.500. The zero-order valence-corrected chi connectivity index (χ0v) is 18.5. The molecule has 1 aliphatic carbocycles. The second-order valence-corrected chi connectivity index (χ2v) is 8.94. The molecule has 2 aromatic carbocycles. The van der Waals surface area contributed by atoms with Gasteiger partial charge in [-0.05, 0) is 67.9 Å². The summed E-state index contributed by atoms with van der Waals surface area (Å²) in [6.45, 7) is 6.68. The molecule has 1 N–H and O–H groups in total. The van der Waals surface area contributed by atoms with E-state index in [2.05, 4.69) is 48.6 Å². The molecule has 30 heavy (non-hydrogen) atoms. The van der Waals surface area contributed by atoms with Crippen LogP contribution in [-0.2, 0) is 0 Å². The first-order chi connectivity index (χ1) is 14.5. The summed E-state index contributed by atoms with van der Waals surface area (Å²) in [4.78, 5) is 14.6. The van der Waals surface area contributed by atoms with Crippen LogP contribution in [0.3, 0.4) is 0 Å². The largest absolute Gasteiger partial charge is 0.487 e. The first kappa shape index (κ1) is 20.8. The number of carbonyl (C=O) groups is 1. The maximum absolute atomic E-state index is 12.8. The zero-order valence-electron chi connectivity index (χ0n) is 18.5. The first-order valence-electron chi connectivity index (χ1n) is 11.5. The molecular formula is C26H34N2O2. The SMILES string of the molecule is CCC(C)NC(=O)N1CC(C)Oc2cc(-c3ccc(C4CCCCC4)cc3)ccc21. The molecule has 0 saturated heterocycles. The quantitative estimate of drug-likeness (QED) is 0.630. The van der Waals surface area contributed by atoms with E-state index in [0.717, 1.165) is 29.3 Å². The molecule has 4 nitrogen and oxygen atoms in total. The van der Waals surface area contributed by atoms with E-state index in [1.54, 1.807) is 0 Å². The van der Waals surface area contributed by atoms with E-state index in [1.165, 1.54) is 43.2 Å². The number of amides is 2. The van der Waals surface area contributed by atoms with Gasteiger partial charge in [0.05, 0.1) is 12.2 Å². The number of hydrogen-bond acceptors (Lipinski definition) is 2. The second-order valence-electron chi connectivity index (χ2n) is 8.94. The Morgan fingerprint density at radius 2 is 1.80 bits per heavy atom. The Labute approximate surface area is 180 Å². The van der Waals surface area contributed by atoms with Gasteiger partial charge in [0, 0.05) is 6.04 Å². The number of carbonyl (C=O) groups excluding carboxylic acids is 1. The van der Waals surface area contributed by atoms with Gasteiger partial charge in [0.25, 0.3) is 0 Å². The minimum atomic E-state index is -0.0506. The molecule has 1 aliphatic heterocycles. The van der Waals surface area contributed by atoms with E-state index < -0.39 is 0 Å². The fourth-order valence-corrected chi connectivity index (χ4v) is 4.59. The average Bonchev–Trinajstić information content (AvgIpc) is 2.78. The van der Waals surface area contributed by atoms with Gasteiger partial charge in [-0.3, -0.25) is 4.90 Å². The van der Waals surface area contributed by atoms with E-state index in [1.807, 2.05) is 24.8 Å². The Balaban J connectivity index is 1.55. The van der Waals surface area contributed by atoms with Crippen molar-refractivity contribution in [2.75, 3.05) is 11.4 Å². The zero-order chi connectivity index (χ0) is 21.1. The Bertz CT molecular complexity index is 871. The van der Waals surface area contributed by atoms with Crippen molar-refractivity contribution in [3.63, 3.8) is 0 Å². The molecule has 0 bridgehead atoms. The third kappa shape index (κ3) is 4.48. The van der Waals surface area contributed by atoms with E-state index in [4.69, 9.17) is 4.74 Å². The molecule has 2 amide bonds. The highest BCUT2D eigenvalue weighted by atomic mass is 16.5. The van der Waals surface area contributed by atoms with Crippen LogP contribution in [0, 0.1) is 0 Å². The Morgan fingerprint density at radius 3 is 2.50 bits per heavy atom. The number of urea groups is 1. The molecule has 2 unspecified atom stereocenters. The van der Waals surface area contributed by atoms with Crippen LogP contribution in [0.15, 0.2) is 42.5 Å². The summed E-state index contributed by atoms with van der Waals surface area (Å²) in [6.07, 6.45) is 7.60. The lowest BCUT2D eigenvalue weighted by Crippen LogP contribution is -2.49. The van der Waals surface area contributed by atoms with Gasteiger partial charge in [-0.25, -0.2) is 4.79 Å². The van der Waals surface area contributed by atoms with Crippen LogP contribution in [0.1, 0.15) is 70.8 Å². The summed E-state index contributed by atoms with van der Waals surface area (Å²) >= 11 is 0. The predicted molar refractivity (Wildman–Crippen MR) is 123 cm³/mol. The highest BCUT2D eigenvalue weighted by Crippen LogP contribution is 2.38. The first-order valence-corrected chi connectivity index (χ1v) is 11.5. The van der Waals surface area contributed by atoms with Crippen molar-refractivity contribution in [2.24, 2.45) is 0 Å². The highest BCUT2D eigenvalue weighted by molar-refractivity contribution is 5.95. The van der Waals surface area contributed by atoms with Crippen molar-refractivity contribution in [3.05, 3.63) is 48.0 Å². The third-order valence-corrected chi connectivity index (χ3v) is 6.57. The molecule has 160 valence electrons. The van der Waals surface area contributed by atoms with E-state index in [0.29, 0.717) is 6.54 Å². The Kier molecular flexibility index (Phi) is 6.31. The van der Waals surface area contributed by atoms with Gasteiger partial charge in [-0.1, -0.05) is 56.5 Å². The van der Waals surface area contributed by atoms with Crippen molar-refractivity contribution < 1.29 is 9.53 Å². The van der Waals surface area contributed by atoms with E-state index >= 15 is 0 Å². The molecule has 2 aliphatic rings. The Morgan fingerprint density at radius 1 is 1.10 bits per heavy atom. The molecule has 2 aromatic rings. The number of rotatable bonds is 4. The van der Waals surface area contributed by atoms with Gasteiger partial charge in [-0.2, -0.15) is 0 Å². The van der Waals surface area contributed by atoms with Crippen molar-refractivity contribution in [2.45, 2.75) is 77.4 Å². The van der Waals surface area contributed by atoms with Crippen molar-refractivity contribution in [1.29, 1.82) is 0 Å². The van der Waals surface area contributed by atoms with Crippen molar-refractivity contribution in [3.8, 4) is 16.9 Å². The molecule has 0 radical (unpaired) electrons. The molecule has 1 heterocycles. The van der Waals surface area contributed by atoms with Crippen molar-refractivity contribution in [1.82, 2.24) is 5.32 Å². The molecule has 2 atom stereocenters. The van der Waals surface area contributed by atoms with Gasteiger partial charge >= 0.3 is 6.03 Å². The summed E-state index contributed by atoms with van der Waals surface area (Å²) in [5, 5.41) is 3.08. The molecule has 4 heteroatoms. The van der Waals surface area contributed by atoms with Crippen LogP contribution in [-0.4, -0.2) is 24.7 Å². The highest BCUT2D eigenvalue weighted by Gasteiger charge is 2.28. The topological polar surface area (TPSA) is 41.6 Å². The number of benzene rings is 2. The van der Waals surface area contributed by atoms with Gasteiger partial charge in [0.1, 0.15) is 11.9 Å². The van der Waals surface area contributed by atoms with Crippen LogP contribution < -0.4 is 15.0 Å². The second kappa shape index (κ2) is 9.11. The number of fused-ring (bicyclic) bond motifs is 1. The average molecular weight is 407 g/mol. The number of hydrogen-bond donors (Lipinski definition) is 1. The minimum absolute atomic E-state index is 0.0379. The summed E-state index contributed by atoms with van der Waals surface area (Å²) in [6, 6.07) is 15.3. The van der Waals surface area contributed by atoms with Crippen LogP contribution in [0.5, 0.6) is 5.75 Å². The molecule has 0 aromatic heterocycles. The number of nitrogens with one attached hydrogen (secondary N) is 1. The van der Waals surface area contributed by atoms with Gasteiger partial charge in [0.15, 0.2) is 0 Å². The minimum Gasteiger partial charge on any atom is -0.487 e. The maximum atomic E-state index is 12.8. The lowest BCUT2D eigenvalue weighted by atomic mass is 9.84. The fourth-order valence-electron chi connectivity index (χ4n) is 4.59. The van der Waals surface area contributed by atoms with Crippen LogP contribution in [0.2, 0.25) is 0 Å². The molecule has 1 saturated carbocycles. The molecule has 4 rings (SSSR count). The lowest BCUT2D eigenvalue weighted by molar-refractivity contribution is 0.204. The lowest BCUT2D eigenvalue weighted by Gasteiger charge is -2.34. The number of anilines is 1. The monoisotopic (exact) mass is 406 g/mol. The standard InChI is InChI=1S/C26H34N2O2/c1-4-18(2)27-26(29)28-17-19(3)30-25-16-23(14-15-24(25)28)22-12-10-21(11-13-22)20-8-6-5-7-9-20/h10-16,18-20H,4-9,17H2,1-3H3,(H,27,29). The smallest absolute Gasteiger partial charge is 0.322 e. The maximum Gasteiger partial charge on any atom is 0.322 e. The van der Waals surface area contributed by atoms with Crippen LogP contribution >= 0.6 is 0 Å². The van der Waals surface area contributed by atoms with E-state index in [9.17, 15) is 4.79 Å². The Hall–Kier alpha value is -2.49. The summed E-state index contributed by atoms with van der Waals surface area (Å²) in [5.74, 6) is 1.50.